The van der Waals surface area contributed by atoms with Gasteiger partial charge in [-0.25, -0.2) is 0 Å². The minimum atomic E-state index is -0.718. The van der Waals surface area contributed by atoms with Gasteiger partial charge in [0.15, 0.2) is 28.8 Å². The van der Waals surface area contributed by atoms with Crippen molar-refractivity contribution < 1.29 is 38.1 Å². The number of thioether (sulfide) groups is 1. The van der Waals surface area contributed by atoms with Crippen LogP contribution in [0.5, 0.6) is 28.7 Å². The number of benzene rings is 2. The number of methoxy groups -OCH3 is 4. The molecule has 2 aromatic carbocycles. The molecule has 186 valence electrons. The zero-order valence-electron chi connectivity index (χ0n) is 20.4. The first-order valence-corrected chi connectivity index (χ1v) is 11.4. The number of hydrogen-bond acceptors (Lipinski definition) is 9. The number of rotatable bonds is 11. The third kappa shape index (κ3) is 7.38. The number of ether oxygens (including phenoxy) is 5. The van der Waals surface area contributed by atoms with Gasteiger partial charge in [-0.3, -0.25) is 14.4 Å². The largest absolute Gasteiger partial charge is 0.493 e. The van der Waals surface area contributed by atoms with Crippen LogP contribution < -0.4 is 23.7 Å². The molecule has 0 aliphatic rings. The zero-order chi connectivity index (χ0) is 26.0. The Bertz CT molecular complexity index is 1110. The molecule has 0 amide bonds. The van der Waals surface area contributed by atoms with Gasteiger partial charge >= 0.3 is 5.97 Å². The highest BCUT2D eigenvalue weighted by Crippen LogP contribution is 2.38. The Morgan fingerprint density at radius 1 is 0.829 bits per heavy atom. The first-order chi connectivity index (χ1) is 16.8. The monoisotopic (exact) mass is 500 g/mol. The van der Waals surface area contributed by atoms with Crippen LogP contribution in [0.1, 0.15) is 29.8 Å². The fourth-order valence-electron chi connectivity index (χ4n) is 2.96. The third-order valence-electron chi connectivity index (χ3n) is 4.70. The Morgan fingerprint density at radius 2 is 1.46 bits per heavy atom. The van der Waals surface area contributed by atoms with Gasteiger partial charge in [-0.05, 0) is 55.8 Å². The van der Waals surface area contributed by atoms with Gasteiger partial charge in [0.2, 0.25) is 10.9 Å². The Balaban J connectivity index is 2.24. The molecule has 0 fully saturated rings. The number of hydrogen-bond donors (Lipinski definition) is 0. The van der Waals surface area contributed by atoms with E-state index in [0.29, 0.717) is 34.1 Å². The number of carbonyl (C=O) groups is 3. The molecular weight excluding hydrogens is 472 g/mol. The average Bonchev–Trinajstić information content (AvgIpc) is 2.86. The van der Waals surface area contributed by atoms with Gasteiger partial charge in [0.1, 0.15) is 5.25 Å². The second-order valence-corrected chi connectivity index (χ2v) is 8.37. The number of carbonyl (C=O) groups excluding carboxylic acids is 3. The first kappa shape index (κ1) is 27.5. The summed E-state index contributed by atoms with van der Waals surface area (Å²) in [6.45, 7) is 3.30. The highest BCUT2D eigenvalue weighted by atomic mass is 32.2. The Kier molecular flexibility index (Phi) is 10.4. The normalized spacial score (nSPS) is 11.8. The molecule has 35 heavy (non-hydrogen) atoms. The topological polar surface area (TPSA) is 97.4 Å². The molecule has 9 heteroatoms. The molecule has 0 aromatic heterocycles. The molecule has 1 atom stereocenters. The fraction of sp³-hybridized carbons (Fsp3) is 0.269. The van der Waals surface area contributed by atoms with Crippen molar-refractivity contribution in [2.45, 2.75) is 19.1 Å². The Morgan fingerprint density at radius 3 is 2.00 bits per heavy atom. The van der Waals surface area contributed by atoms with Crippen LogP contribution in [0.25, 0.3) is 6.08 Å². The van der Waals surface area contributed by atoms with E-state index in [0.717, 1.165) is 11.8 Å². The molecule has 1 unspecified atom stereocenters. The van der Waals surface area contributed by atoms with Crippen molar-refractivity contribution in [1.29, 1.82) is 0 Å². The van der Waals surface area contributed by atoms with E-state index < -0.39 is 11.2 Å². The Labute approximate surface area is 208 Å². The fourth-order valence-corrected chi connectivity index (χ4v) is 3.66. The highest BCUT2D eigenvalue weighted by Gasteiger charge is 2.21. The molecule has 0 saturated carbocycles. The Hall–Kier alpha value is -3.72. The smallest absolute Gasteiger partial charge is 0.324 e. The van der Waals surface area contributed by atoms with E-state index in [1.165, 1.54) is 40.6 Å². The average molecular weight is 501 g/mol. The number of allylic oxidation sites excluding steroid dienone is 2. The predicted octanol–water partition coefficient (Wildman–Crippen LogP) is 4.75. The molecule has 0 aliphatic heterocycles. The summed E-state index contributed by atoms with van der Waals surface area (Å²) < 4.78 is 26.6. The quantitative estimate of drug-likeness (QED) is 0.187. The van der Waals surface area contributed by atoms with Crippen LogP contribution in [0.4, 0.5) is 0 Å². The maximum atomic E-state index is 12.8. The van der Waals surface area contributed by atoms with Crippen LogP contribution in [0.15, 0.2) is 48.6 Å². The molecule has 0 heterocycles. The van der Waals surface area contributed by atoms with E-state index in [1.807, 2.05) is 0 Å². The summed E-state index contributed by atoms with van der Waals surface area (Å²) in [5.41, 5.74) is 0.937. The summed E-state index contributed by atoms with van der Waals surface area (Å²) in [6, 6.07) is 8.02. The predicted molar refractivity (Wildman–Crippen MR) is 135 cm³/mol. The molecule has 8 nitrogen and oxygen atoms in total. The van der Waals surface area contributed by atoms with Gasteiger partial charge in [-0.1, -0.05) is 30.0 Å². The van der Waals surface area contributed by atoms with E-state index in [4.69, 9.17) is 23.7 Å². The van der Waals surface area contributed by atoms with Crippen molar-refractivity contribution >= 4 is 34.7 Å². The maximum absolute atomic E-state index is 12.8. The van der Waals surface area contributed by atoms with E-state index in [-0.39, 0.29) is 16.6 Å². The molecule has 0 saturated heterocycles. The van der Waals surface area contributed by atoms with Gasteiger partial charge in [0.25, 0.3) is 0 Å². The van der Waals surface area contributed by atoms with Gasteiger partial charge in [-0.15, -0.1) is 0 Å². The van der Waals surface area contributed by atoms with Crippen molar-refractivity contribution in [2.75, 3.05) is 28.4 Å². The van der Waals surface area contributed by atoms with E-state index >= 15 is 0 Å². The van der Waals surface area contributed by atoms with Crippen molar-refractivity contribution in [3.8, 4) is 28.7 Å². The van der Waals surface area contributed by atoms with Crippen molar-refractivity contribution in [2.24, 2.45) is 0 Å². The molecule has 2 aromatic rings. The summed E-state index contributed by atoms with van der Waals surface area (Å²) >= 11 is 0.860. The summed E-state index contributed by atoms with van der Waals surface area (Å²) in [6.07, 6.45) is 5.94. The zero-order valence-corrected chi connectivity index (χ0v) is 21.3. The van der Waals surface area contributed by atoms with E-state index in [9.17, 15) is 14.4 Å². The van der Waals surface area contributed by atoms with Crippen molar-refractivity contribution in [3.63, 3.8) is 0 Å². The van der Waals surface area contributed by atoms with Gasteiger partial charge < -0.3 is 23.7 Å². The van der Waals surface area contributed by atoms with Gasteiger partial charge in [0, 0.05) is 5.56 Å². The summed E-state index contributed by atoms with van der Waals surface area (Å²) in [5, 5.41) is -0.963. The second kappa shape index (κ2) is 13.2. The van der Waals surface area contributed by atoms with Gasteiger partial charge in [0.05, 0.1) is 28.4 Å². The summed E-state index contributed by atoms with van der Waals surface area (Å²) in [5.74, 6) is 0.724. The highest BCUT2D eigenvalue weighted by molar-refractivity contribution is 8.15. The second-order valence-electron chi connectivity index (χ2n) is 7.02. The molecule has 0 radical (unpaired) electrons. The van der Waals surface area contributed by atoms with Crippen LogP contribution in [0, 0.1) is 0 Å². The van der Waals surface area contributed by atoms with Crippen molar-refractivity contribution in [3.05, 3.63) is 59.7 Å². The summed E-state index contributed by atoms with van der Waals surface area (Å²) in [7, 11) is 5.87. The number of ketones is 1. The van der Waals surface area contributed by atoms with Crippen LogP contribution >= 0.6 is 11.8 Å². The van der Waals surface area contributed by atoms with Crippen LogP contribution in [-0.4, -0.2) is 50.6 Å². The van der Waals surface area contributed by atoms with Gasteiger partial charge in [-0.2, -0.15) is 0 Å². The first-order valence-electron chi connectivity index (χ1n) is 10.5. The minimum absolute atomic E-state index is 0.172. The maximum Gasteiger partial charge on any atom is 0.324 e. The lowest BCUT2D eigenvalue weighted by atomic mass is 10.1. The van der Waals surface area contributed by atoms with Crippen molar-refractivity contribution in [1.82, 2.24) is 0 Å². The molecule has 0 aliphatic carbocycles. The van der Waals surface area contributed by atoms with E-state index in [2.05, 4.69) is 0 Å². The summed E-state index contributed by atoms with van der Waals surface area (Å²) in [4.78, 5) is 37.0. The molecule has 0 spiro atoms. The molecular formula is C26H28O8S. The van der Waals surface area contributed by atoms with E-state index in [1.54, 1.807) is 56.3 Å². The van der Waals surface area contributed by atoms with Crippen LogP contribution in [0.2, 0.25) is 0 Å². The standard InChI is InChI=1S/C26H28O8S/c1-7-8-24(28)35-16(2)26(29)34-21-13-17(10-12-20(21)30-3)9-11-19(27)18-14-22(31-4)25(33-6)23(15-18)32-5/h7-16H,1-6H3/b8-7+,11-9+. The van der Waals surface area contributed by atoms with Crippen LogP contribution in [0.3, 0.4) is 0 Å². The lowest BCUT2D eigenvalue weighted by Gasteiger charge is -2.13. The SMILES string of the molecule is C/C=C/C(=O)SC(C)C(=O)Oc1cc(/C=C/C(=O)c2cc(OC)c(OC)c(OC)c2)ccc1OC. The van der Waals surface area contributed by atoms with Crippen LogP contribution in [-0.2, 0) is 9.59 Å². The molecule has 2 rings (SSSR count). The molecule has 0 bridgehead atoms. The minimum Gasteiger partial charge on any atom is -0.493 e. The lowest BCUT2D eigenvalue weighted by Crippen LogP contribution is -2.21. The lowest BCUT2D eigenvalue weighted by molar-refractivity contribution is -0.133. The third-order valence-corrected chi connectivity index (χ3v) is 5.62. The number of esters is 1. The molecule has 0 N–H and O–H groups in total.